The predicted molar refractivity (Wildman–Crippen MR) is 76.2 cm³/mol. The van der Waals surface area contributed by atoms with E-state index in [2.05, 4.69) is 10.1 Å². The van der Waals surface area contributed by atoms with Crippen LogP contribution in [0.5, 0.6) is 5.75 Å². The van der Waals surface area contributed by atoms with Crippen LogP contribution in [0.4, 0.5) is 13.6 Å². The van der Waals surface area contributed by atoms with E-state index in [1.54, 1.807) is 20.8 Å². The molecule has 1 rings (SSSR count). The van der Waals surface area contributed by atoms with Gasteiger partial charge in [-0.05, 0) is 32.9 Å². The normalized spacial score (nSPS) is 11.5. The molecule has 0 fully saturated rings. The van der Waals surface area contributed by atoms with Crippen molar-refractivity contribution in [3.05, 3.63) is 35.4 Å². The van der Waals surface area contributed by atoms with Crippen molar-refractivity contribution in [1.29, 1.82) is 0 Å². The van der Waals surface area contributed by atoms with Gasteiger partial charge < -0.3 is 14.8 Å². The summed E-state index contributed by atoms with van der Waals surface area (Å²) in [6, 6.07) is 2.72. The zero-order chi connectivity index (χ0) is 16.0. The summed E-state index contributed by atoms with van der Waals surface area (Å²) >= 11 is 0. The van der Waals surface area contributed by atoms with Crippen LogP contribution in [0, 0.1) is 11.6 Å². The maximum absolute atomic E-state index is 13.6. The summed E-state index contributed by atoms with van der Waals surface area (Å²) in [5.74, 6) is -2.20. The number of carbonyl (C=O) groups is 1. The van der Waals surface area contributed by atoms with Gasteiger partial charge in [0.05, 0.1) is 7.11 Å². The average Bonchev–Trinajstić information content (AvgIpc) is 2.37. The van der Waals surface area contributed by atoms with Gasteiger partial charge in [-0.1, -0.05) is 12.2 Å². The molecule has 0 saturated carbocycles. The Morgan fingerprint density at radius 1 is 1.29 bits per heavy atom. The van der Waals surface area contributed by atoms with Gasteiger partial charge in [0.1, 0.15) is 5.60 Å². The van der Waals surface area contributed by atoms with Crippen molar-refractivity contribution in [2.75, 3.05) is 13.7 Å². The van der Waals surface area contributed by atoms with Crippen LogP contribution >= 0.6 is 0 Å². The Morgan fingerprint density at radius 3 is 2.52 bits per heavy atom. The van der Waals surface area contributed by atoms with Crippen LogP contribution in [0.15, 0.2) is 18.2 Å². The van der Waals surface area contributed by atoms with Crippen molar-refractivity contribution in [3.63, 3.8) is 0 Å². The minimum atomic E-state index is -1.04. The van der Waals surface area contributed by atoms with Crippen molar-refractivity contribution in [2.45, 2.75) is 26.4 Å². The second-order valence-electron chi connectivity index (χ2n) is 5.27. The quantitative estimate of drug-likeness (QED) is 0.925. The molecule has 6 heteroatoms. The number of ether oxygens (including phenoxy) is 2. The SMILES string of the molecule is COc1ccc(C=CCNC(=O)OC(C)(C)C)c(F)c1F. The van der Waals surface area contributed by atoms with E-state index >= 15 is 0 Å². The smallest absolute Gasteiger partial charge is 0.407 e. The Bertz CT molecular complexity index is 536. The summed E-state index contributed by atoms with van der Waals surface area (Å²) in [5, 5.41) is 2.48. The van der Waals surface area contributed by atoms with Crippen LogP contribution in [0.3, 0.4) is 0 Å². The first-order chi connectivity index (χ1) is 9.74. The number of rotatable bonds is 4. The first kappa shape index (κ1) is 16.9. The fourth-order valence-corrected chi connectivity index (χ4v) is 1.48. The lowest BCUT2D eigenvalue weighted by atomic mass is 10.2. The monoisotopic (exact) mass is 299 g/mol. The van der Waals surface area contributed by atoms with Crippen LogP contribution in [0.25, 0.3) is 6.08 Å². The van der Waals surface area contributed by atoms with E-state index in [1.807, 2.05) is 0 Å². The molecule has 0 saturated heterocycles. The largest absolute Gasteiger partial charge is 0.494 e. The van der Waals surface area contributed by atoms with E-state index in [1.165, 1.54) is 31.4 Å². The molecule has 1 N–H and O–H groups in total. The zero-order valence-electron chi connectivity index (χ0n) is 12.5. The maximum atomic E-state index is 13.6. The first-order valence-electron chi connectivity index (χ1n) is 6.40. The highest BCUT2D eigenvalue weighted by Gasteiger charge is 2.15. The summed E-state index contributed by atoms with van der Waals surface area (Å²) in [7, 11) is 1.26. The molecule has 0 spiro atoms. The Labute approximate surface area is 122 Å². The molecule has 0 atom stereocenters. The van der Waals surface area contributed by atoms with E-state index in [4.69, 9.17) is 4.74 Å². The molecule has 21 heavy (non-hydrogen) atoms. The molecular formula is C15H19F2NO3. The lowest BCUT2D eigenvalue weighted by Crippen LogP contribution is -2.32. The fourth-order valence-electron chi connectivity index (χ4n) is 1.48. The summed E-state index contributed by atoms with van der Waals surface area (Å²) in [4.78, 5) is 11.4. The summed E-state index contributed by atoms with van der Waals surface area (Å²) in [5.41, 5.74) is -0.516. The molecule has 1 aromatic carbocycles. The van der Waals surface area contributed by atoms with E-state index in [9.17, 15) is 13.6 Å². The molecule has 0 unspecified atom stereocenters. The average molecular weight is 299 g/mol. The molecule has 0 aliphatic rings. The lowest BCUT2D eigenvalue weighted by molar-refractivity contribution is 0.0534. The third-order valence-corrected chi connectivity index (χ3v) is 2.36. The van der Waals surface area contributed by atoms with Crippen molar-refractivity contribution in [1.82, 2.24) is 5.32 Å². The number of benzene rings is 1. The Balaban J connectivity index is 2.59. The molecule has 4 nitrogen and oxygen atoms in total. The van der Waals surface area contributed by atoms with Crippen LogP contribution in [0.1, 0.15) is 26.3 Å². The van der Waals surface area contributed by atoms with E-state index < -0.39 is 23.3 Å². The number of nitrogens with one attached hydrogen (secondary N) is 1. The third-order valence-electron chi connectivity index (χ3n) is 2.36. The lowest BCUT2D eigenvalue weighted by Gasteiger charge is -2.19. The van der Waals surface area contributed by atoms with Gasteiger partial charge >= 0.3 is 6.09 Å². The van der Waals surface area contributed by atoms with Crippen molar-refractivity contribution >= 4 is 12.2 Å². The van der Waals surface area contributed by atoms with E-state index in [0.717, 1.165) is 0 Å². The molecule has 0 aliphatic carbocycles. The second kappa shape index (κ2) is 7.06. The number of carbonyl (C=O) groups excluding carboxylic acids is 1. The maximum Gasteiger partial charge on any atom is 0.407 e. The van der Waals surface area contributed by atoms with Gasteiger partial charge in [-0.2, -0.15) is 4.39 Å². The Morgan fingerprint density at radius 2 is 1.95 bits per heavy atom. The van der Waals surface area contributed by atoms with Crippen LogP contribution in [0.2, 0.25) is 0 Å². The Hall–Kier alpha value is -2.11. The molecule has 0 radical (unpaired) electrons. The van der Waals surface area contributed by atoms with Gasteiger partial charge in [0, 0.05) is 12.1 Å². The molecule has 0 heterocycles. The second-order valence-corrected chi connectivity index (χ2v) is 5.27. The summed E-state index contributed by atoms with van der Waals surface area (Å²) in [6.45, 7) is 5.38. The number of halogens is 2. The minimum absolute atomic E-state index is 0.0688. The van der Waals surface area contributed by atoms with E-state index in [0.29, 0.717) is 0 Å². The molecule has 1 amide bonds. The summed E-state index contributed by atoms with van der Waals surface area (Å²) < 4.78 is 36.8. The van der Waals surface area contributed by atoms with E-state index in [-0.39, 0.29) is 17.9 Å². The predicted octanol–water partition coefficient (Wildman–Crippen LogP) is 3.51. The zero-order valence-corrected chi connectivity index (χ0v) is 12.5. The summed E-state index contributed by atoms with van der Waals surface area (Å²) in [6.07, 6.45) is 2.29. The molecular weight excluding hydrogens is 280 g/mol. The van der Waals surface area contributed by atoms with Crippen molar-refractivity contribution < 1.29 is 23.0 Å². The van der Waals surface area contributed by atoms with Gasteiger partial charge in [-0.3, -0.25) is 0 Å². The van der Waals surface area contributed by atoms with Crippen LogP contribution < -0.4 is 10.1 Å². The van der Waals surface area contributed by atoms with Crippen molar-refractivity contribution in [3.8, 4) is 5.75 Å². The van der Waals surface area contributed by atoms with Gasteiger partial charge in [-0.15, -0.1) is 0 Å². The Kier molecular flexibility index (Phi) is 5.69. The van der Waals surface area contributed by atoms with Gasteiger partial charge in [0.25, 0.3) is 0 Å². The first-order valence-corrected chi connectivity index (χ1v) is 6.40. The molecule has 0 bridgehead atoms. The number of amides is 1. The third kappa shape index (κ3) is 5.41. The minimum Gasteiger partial charge on any atom is -0.494 e. The highest BCUT2D eigenvalue weighted by molar-refractivity contribution is 5.68. The van der Waals surface area contributed by atoms with Gasteiger partial charge in [0.15, 0.2) is 11.6 Å². The molecule has 0 aliphatic heterocycles. The van der Waals surface area contributed by atoms with Crippen LogP contribution in [-0.4, -0.2) is 25.3 Å². The number of alkyl carbamates (subject to hydrolysis) is 1. The van der Waals surface area contributed by atoms with Crippen LogP contribution in [-0.2, 0) is 4.74 Å². The standard InChI is InChI=1S/C15H19F2NO3/c1-15(2,3)21-14(19)18-9-5-6-10-7-8-11(20-4)13(17)12(10)16/h5-8H,9H2,1-4H3,(H,18,19). The van der Waals surface area contributed by atoms with Gasteiger partial charge in [-0.25, -0.2) is 9.18 Å². The molecule has 1 aromatic rings. The topological polar surface area (TPSA) is 47.6 Å². The van der Waals surface area contributed by atoms with Gasteiger partial charge in [0.2, 0.25) is 5.82 Å². The number of methoxy groups -OCH3 is 1. The molecule has 0 aromatic heterocycles. The highest BCUT2D eigenvalue weighted by atomic mass is 19.2. The number of hydrogen-bond acceptors (Lipinski definition) is 3. The highest BCUT2D eigenvalue weighted by Crippen LogP contribution is 2.22. The van der Waals surface area contributed by atoms with Crippen molar-refractivity contribution in [2.24, 2.45) is 0 Å². The molecule has 116 valence electrons. The fraction of sp³-hybridized carbons (Fsp3) is 0.400. The number of hydrogen-bond donors (Lipinski definition) is 1.